The fourth-order valence-corrected chi connectivity index (χ4v) is 4.30. The fourth-order valence-electron chi connectivity index (χ4n) is 4.30. The zero-order valence-electron chi connectivity index (χ0n) is 19.5. The summed E-state index contributed by atoms with van der Waals surface area (Å²) in [5.74, 6) is -0.0784. The van der Waals surface area contributed by atoms with Gasteiger partial charge in [0.15, 0.2) is 0 Å². The molecule has 2 N–H and O–H groups in total. The third-order valence-electron chi connectivity index (χ3n) is 5.16. The number of amides is 2. The molecular weight excluding hydrogens is 386 g/mol. The lowest BCUT2D eigenvalue weighted by Crippen LogP contribution is -2.50. The van der Waals surface area contributed by atoms with E-state index in [1.54, 1.807) is 0 Å². The Labute approximate surface area is 177 Å². The van der Waals surface area contributed by atoms with Gasteiger partial charge in [0.2, 0.25) is 11.9 Å². The first-order chi connectivity index (χ1) is 13.5. The standard InChI is InChI=1S/C20H33N7O3/c1-11(2)30-16-22-14(26-12(28)17(3,4)24-19(26,7)8)21-15(23-16)27-13(29)18(5,6)25-20(27,9)10/h11,24-25H,1-10H3. The first-order valence-corrected chi connectivity index (χ1v) is 10.2. The number of rotatable bonds is 4. The molecule has 10 nitrogen and oxygen atoms in total. The van der Waals surface area contributed by atoms with Gasteiger partial charge in [-0.2, -0.15) is 15.0 Å². The summed E-state index contributed by atoms with van der Waals surface area (Å²) in [4.78, 5) is 42.6. The lowest BCUT2D eigenvalue weighted by atomic mass is 10.1. The van der Waals surface area contributed by atoms with Gasteiger partial charge in [-0.05, 0) is 69.2 Å². The van der Waals surface area contributed by atoms with Crippen LogP contribution in [-0.2, 0) is 9.59 Å². The highest BCUT2D eigenvalue weighted by Crippen LogP contribution is 2.35. The zero-order valence-corrected chi connectivity index (χ0v) is 19.5. The first kappa shape index (κ1) is 22.4. The number of aromatic nitrogens is 3. The van der Waals surface area contributed by atoms with Crippen molar-refractivity contribution < 1.29 is 14.3 Å². The second-order valence-electron chi connectivity index (χ2n) is 10.3. The summed E-state index contributed by atoms with van der Waals surface area (Å²) in [6, 6.07) is 0.0617. The van der Waals surface area contributed by atoms with E-state index in [1.807, 2.05) is 69.2 Å². The van der Waals surface area contributed by atoms with Crippen molar-refractivity contribution in [3.05, 3.63) is 0 Å². The summed E-state index contributed by atoms with van der Waals surface area (Å²) in [5.41, 5.74) is -3.06. The number of anilines is 2. The number of carbonyl (C=O) groups is 2. The van der Waals surface area contributed by atoms with E-state index in [4.69, 9.17) is 4.74 Å². The maximum absolute atomic E-state index is 13.1. The number of nitrogens with zero attached hydrogens (tertiary/aromatic N) is 5. The summed E-state index contributed by atoms with van der Waals surface area (Å²) in [6.45, 7) is 18.5. The Hall–Kier alpha value is -2.33. The number of ether oxygens (including phenoxy) is 1. The molecule has 0 unspecified atom stereocenters. The second kappa shape index (κ2) is 6.58. The van der Waals surface area contributed by atoms with Gasteiger partial charge in [0.25, 0.3) is 11.8 Å². The normalized spacial score (nSPS) is 24.1. The van der Waals surface area contributed by atoms with E-state index in [9.17, 15) is 9.59 Å². The Morgan fingerprint density at radius 3 is 1.37 bits per heavy atom. The van der Waals surface area contributed by atoms with Gasteiger partial charge in [-0.15, -0.1) is 0 Å². The van der Waals surface area contributed by atoms with Crippen LogP contribution in [0, 0.1) is 0 Å². The van der Waals surface area contributed by atoms with E-state index in [-0.39, 0.29) is 35.8 Å². The summed E-state index contributed by atoms with van der Waals surface area (Å²) >= 11 is 0. The molecule has 0 aromatic carbocycles. The van der Waals surface area contributed by atoms with Crippen LogP contribution in [0.3, 0.4) is 0 Å². The average molecular weight is 420 g/mol. The number of hydrogen-bond donors (Lipinski definition) is 2. The van der Waals surface area contributed by atoms with Crippen LogP contribution >= 0.6 is 0 Å². The Balaban J connectivity index is 2.17. The molecule has 2 saturated heterocycles. The molecule has 10 heteroatoms. The molecule has 166 valence electrons. The molecule has 0 aliphatic carbocycles. The van der Waals surface area contributed by atoms with Gasteiger partial charge in [-0.25, -0.2) is 0 Å². The first-order valence-electron chi connectivity index (χ1n) is 10.2. The van der Waals surface area contributed by atoms with Gasteiger partial charge in [-0.3, -0.25) is 30.0 Å². The van der Waals surface area contributed by atoms with Gasteiger partial charge in [0.05, 0.1) is 28.5 Å². The van der Waals surface area contributed by atoms with E-state index in [0.717, 1.165) is 0 Å². The fraction of sp³-hybridized carbons (Fsp3) is 0.750. The van der Waals surface area contributed by atoms with Crippen molar-refractivity contribution in [1.82, 2.24) is 25.6 Å². The highest BCUT2D eigenvalue weighted by Gasteiger charge is 2.54. The minimum Gasteiger partial charge on any atom is -0.461 e. The van der Waals surface area contributed by atoms with Gasteiger partial charge < -0.3 is 4.74 Å². The summed E-state index contributed by atoms with van der Waals surface area (Å²) in [5, 5.41) is 6.59. The summed E-state index contributed by atoms with van der Waals surface area (Å²) in [7, 11) is 0. The van der Waals surface area contributed by atoms with Gasteiger partial charge in [0, 0.05) is 0 Å². The van der Waals surface area contributed by atoms with Gasteiger partial charge in [0.1, 0.15) is 0 Å². The number of carbonyl (C=O) groups excluding carboxylic acids is 2. The topological polar surface area (TPSA) is 113 Å². The molecule has 2 amide bonds. The van der Waals surface area contributed by atoms with Crippen molar-refractivity contribution in [2.45, 2.75) is 97.7 Å². The highest BCUT2D eigenvalue weighted by atomic mass is 16.5. The van der Waals surface area contributed by atoms with Crippen LogP contribution in [0.4, 0.5) is 11.9 Å². The van der Waals surface area contributed by atoms with Crippen LogP contribution in [-0.4, -0.2) is 55.3 Å². The number of nitrogens with one attached hydrogen (secondary N) is 2. The average Bonchev–Trinajstić information content (AvgIpc) is 2.78. The Kier molecular flexibility index (Phi) is 4.91. The molecule has 0 saturated carbocycles. The SMILES string of the molecule is CC(C)Oc1nc(N2C(=O)C(C)(C)NC2(C)C)nc(N2C(=O)C(C)(C)NC2(C)C)n1. The predicted octanol–water partition coefficient (Wildman–Crippen LogP) is 1.56. The molecule has 1 aromatic rings. The summed E-state index contributed by atoms with van der Waals surface area (Å²) in [6.07, 6.45) is -0.193. The minimum absolute atomic E-state index is 0.0617. The smallest absolute Gasteiger partial charge is 0.323 e. The van der Waals surface area contributed by atoms with Crippen LogP contribution < -0.4 is 25.2 Å². The van der Waals surface area contributed by atoms with Crippen LogP contribution in [0.2, 0.25) is 0 Å². The van der Waals surface area contributed by atoms with Crippen LogP contribution in [0.15, 0.2) is 0 Å². The highest BCUT2D eigenvalue weighted by molar-refractivity contribution is 6.03. The maximum atomic E-state index is 13.1. The van der Waals surface area contributed by atoms with Gasteiger partial charge in [-0.1, -0.05) is 0 Å². The Bertz CT molecular complexity index is 828. The monoisotopic (exact) mass is 419 g/mol. The molecule has 2 fully saturated rings. The minimum atomic E-state index is -0.790. The Morgan fingerprint density at radius 2 is 1.10 bits per heavy atom. The third-order valence-corrected chi connectivity index (χ3v) is 5.16. The van der Waals surface area contributed by atoms with Crippen molar-refractivity contribution in [2.24, 2.45) is 0 Å². The van der Waals surface area contributed by atoms with Crippen LogP contribution in [0.5, 0.6) is 6.01 Å². The van der Waals surface area contributed by atoms with E-state index in [2.05, 4.69) is 25.6 Å². The Morgan fingerprint density at radius 1 is 0.733 bits per heavy atom. The molecule has 3 rings (SSSR count). The van der Waals surface area contributed by atoms with Crippen molar-refractivity contribution in [3.8, 4) is 6.01 Å². The van der Waals surface area contributed by atoms with Crippen molar-refractivity contribution >= 4 is 23.7 Å². The lowest BCUT2D eigenvalue weighted by Gasteiger charge is -2.32. The molecule has 0 bridgehead atoms. The van der Waals surface area contributed by atoms with Crippen LogP contribution in [0.1, 0.15) is 69.2 Å². The van der Waals surface area contributed by atoms with E-state index < -0.39 is 22.4 Å². The second-order valence-corrected chi connectivity index (χ2v) is 10.3. The molecule has 0 atom stereocenters. The molecule has 0 spiro atoms. The van der Waals surface area contributed by atoms with Crippen molar-refractivity contribution in [2.75, 3.05) is 9.80 Å². The molecule has 3 heterocycles. The molecule has 30 heavy (non-hydrogen) atoms. The van der Waals surface area contributed by atoms with Gasteiger partial charge >= 0.3 is 6.01 Å². The maximum Gasteiger partial charge on any atom is 0.323 e. The quantitative estimate of drug-likeness (QED) is 0.756. The number of hydrogen-bond acceptors (Lipinski definition) is 8. The van der Waals surface area contributed by atoms with E-state index >= 15 is 0 Å². The largest absolute Gasteiger partial charge is 0.461 e. The van der Waals surface area contributed by atoms with Crippen molar-refractivity contribution in [3.63, 3.8) is 0 Å². The lowest BCUT2D eigenvalue weighted by molar-refractivity contribution is -0.121. The molecule has 1 aromatic heterocycles. The third kappa shape index (κ3) is 3.62. The van der Waals surface area contributed by atoms with E-state index in [0.29, 0.717) is 0 Å². The van der Waals surface area contributed by atoms with E-state index in [1.165, 1.54) is 9.80 Å². The molecule has 2 aliphatic rings. The van der Waals surface area contributed by atoms with Crippen molar-refractivity contribution in [1.29, 1.82) is 0 Å². The predicted molar refractivity (Wildman–Crippen MR) is 113 cm³/mol. The molecular formula is C20H33N7O3. The molecule has 0 radical (unpaired) electrons. The van der Waals surface area contributed by atoms with Crippen LogP contribution in [0.25, 0.3) is 0 Å². The molecule has 2 aliphatic heterocycles. The summed E-state index contributed by atoms with van der Waals surface area (Å²) < 4.78 is 5.75. The zero-order chi connectivity index (χ0) is 22.9.